The van der Waals surface area contributed by atoms with E-state index in [9.17, 15) is 4.79 Å². The van der Waals surface area contributed by atoms with Crippen LogP contribution in [0.2, 0.25) is 0 Å². The highest BCUT2D eigenvalue weighted by molar-refractivity contribution is 5.94. The molecular weight excluding hydrogens is 400 g/mol. The molecule has 0 radical (unpaired) electrons. The first kappa shape index (κ1) is 21.9. The van der Waals surface area contributed by atoms with Crippen LogP contribution in [0, 0.1) is 0 Å². The van der Waals surface area contributed by atoms with Gasteiger partial charge in [-0.05, 0) is 50.0 Å². The minimum Gasteiger partial charge on any atom is -0.489 e. The molecular formula is C24H27ClN2O3. The molecule has 158 valence electrons. The molecule has 1 aliphatic heterocycles. The number of fused-ring (bicyclic) bond motifs is 1. The monoisotopic (exact) mass is 426 g/mol. The van der Waals surface area contributed by atoms with Gasteiger partial charge in [-0.25, -0.2) is 0 Å². The van der Waals surface area contributed by atoms with Crippen molar-refractivity contribution >= 4 is 18.3 Å². The third-order valence-corrected chi connectivity index (χ3v) is 5.03. The van der Waals surface area contributed by atoms with Crippen molar-refractivity contribution in [2.24, 2.45) is 0 Å². The Morgan fingerprint density at radius 1 is 1.10 bits per heavy atom. The summed E-state index contributed by atoms with van der Waals surface area (Å²) >= 11 is 0. The molecule has 30 heavy (non-hydrogen) atoms. The number of halogens is 1. The molecule has 1 aromatic heterocycles. The number of ether oxygens (including phenoxy) is 1. The van der Waals surface area contributed by atoms with Gasteiger partial charge in [0.25, 0.3) is 5.91 Å². The van der Waals surface area contributed by atoms with Gasteiger partial charge in [0.15, 0.2) is 0 Å². The fourth-order valence-electron chi connectivity index (χ4n) is 3.57. The maximum absolute atomic E-state index is 12.9. The predicted octanol–water partition coefficient (Wildman–Crippen LogP) is 4.54. The van der Waals surface area contributed by atoms with Crippen LogP contribution in [-0.2, 0) is 26.1 Å². The summed E-state index contributed by atoms with van der Waals surface area (Å²) in [4.78, 5) is 16.9. The Labute approximate surface area is 183 Å². The molecule has 5 nitrogen and oxygen atoms in total. The van der Waals surface area contributed by atoms with E-state index in [0.717, 1.165) is 41.4 Å². The summed E-state index contributed by atoms with van der Waals surface area (Å²) in [5, 5.41) is 0. The van der Waals surface area contributed by atoms with E-state index in [2.05, 4.69) is 11.0 Å². The number of hydrogen-bond donors (Lipinski definition) is 0. The highest BCUT2D eigenvalue weighted by Crippen LogP contribution is 2.25. The highest BCUT2D eigenvalue weighted by Gasteiger charge is 2.25. The van der Waals surface area contributed by atoms with E-state index in [1.165, 1.54) is 0 Å². The molecule has 0 unspecified atom stereocenters. The van der Waals surface area contributed by atoms with Crippen molar-refractivity contribution in [3.63, 3.8) is 0 Å². The third kappa shape index (κ3) is 5.23. The average molecular weight is 427 g/mol. The van der Waals surface area contributed by atoms with Gasteiger partial charge in [-0.2, -0.15) is 0 Å². The zero-order valence-electron chi connectivity index (χ0n) is 17.3. The third-order valence-electron chi connectivity index (χ3n) is 5.03. The molecule has 2 aromatic carbocycles. The van der Waals surface area contributed by atoms with E-state index in [0.29, 0.717) is 25.3 Å². The van der Waals surface area contributed by atoms with Crippen molar-refractivity contribution in [2.75, 3.05) is 20.6 Å². The first-order valence-electron chi connectivity index (χ1n) is 9.90. The van der Waals surface area contributed by atoms with Gasteiger partial charge in [0, 0.05) is 30.6 Å². The molecule has 3 aromatic rings. The zero-order chi connectivity index (χ0) is 20.2. The normalized spacial score (nSPS) is 13.0. The van der Waals surface area contributed by atoms with Gasteiger partial charge < -0.3 is 19.0 Å². The van der Waals surface area contributed by atoms with Crippen LogP contribution in [0.3, 0.4) is 0 Å². The van der Waals surface area contributed by atoms with Gasteiger partial charge in [-0.15, -0.1) is 12.4 Å². The Morgan fingerprint density at radius 2 is 1.83 bits per heavy atom. The van der Waals surface area contributed by atoms with Crippen LogP contribution in [0.5, 0.6) is 5.75 Å². The van der Waals surface area contributed by atoms with Crippen molar-refractivity contribution < 1.29 is 13.9 Å². The molecule has 0 fully saturated rings. The lowest BCUT2D eigenvalue weighted by molar-refractivity contribution is 0.0729. The second-order valence-corrected chi connectivity index (χ2v) is 7.67. The highest BCUT2D eigenvalue weighted by atomic mass is 35.5. The van der Waals surface area contributed by atoms with Crippen molar-refractivity contribution in [2.45, 2.75) is 26.1 Å². The second kappa shape index (κ2) is 9.83. The van der Waals surface area contributed by atoms with Crippen LogP contribution in [-0.4, -0.2) is 36.3 Å². The smallest absolute Gasteiger partial charge is 0.254 e. The molecule has 2 heterocycles. The van der Waals surface area contributed by atoms with Gasteiger partial charge in [0.2, 0.25) is 0 Å². The van der Waals surface area contributed by atoms with E-state index in [1.54, 1.807) is 0 Å². The summed E-state index contributed by atoms with van der Waals surface area (Å²) in [5.41, 5.74) is 2.91. The maximum Gasteiger partial charge on any atom is 0.254 e. The van der Waals surface area contributed by atoms with Crippen molar-refractivity contribution in [3.8, 4) is 5.75 Å². The lowest BCUT2D eigenvalue weighted by atomic mass is 10.1. The molecule has 4 rings (SSSR count). The Balaban J connectivity index is 0.00000256. The van der Waals surface area contributed by atoms with Gasteiger partial charge >= 0.3 is 0 Å². The quantitative estimate of drug-likeness (QED) is 0.580. The zero-order valence-corrected chi connectivity index (χ0v) is 18.2. The lowest BCUT2D eigenvalue weighted by Gasteiger charge is -2.26. The minimum absolute atomic E-state index is 0. The maximum atomic E-state index is 12.9. The molecule has 0 atom stereocenters. The van der Waals surface area contributed by atoms with Gasteiger partial charge in [0.1, 0.15) is 23.9 Å². The van der Waals surface area contributed by atoms with E-state index in [1.807, 2.05) is 73.6 Å². The average Bonchev–Trinajstić information content (AvgIpc) is 3.13. The van der Waals surface area contributed by atoms with Crippen LogP contribution in [0.25, 0.3) is 0 Å². The number of benzene rings is 2. The van der Waals surface area contributed by atoms with Crippen LogP contribution < -0.4 is 4.74 Å². The Kier molecular flexibility index (Phi) is 7.19. The SMILES string of the molecule is CN(C)Cc1cc2c(o1)CCN(C(=O)c1ccc(OCc3ccccc3)cc1)C2.Cl. The van der Waals surface area contributed by atoms with E-state index < -0.39 is 0 Å². The number of amides is 1. The van der Waals surface area contributed by atoms with Crippen LogP contribution in [0.15, 0.2) is 65.1 Å². The Hall–Kier alpha value is -2.76. The molecule has 0 N–H and O–H groups in total. The lowest BCUT2D eigenvalue weighted by Crippen LogP contribution is -2.35. The van der Waals surface area contributed by atoms with E-state index >= 15 is 0 Å². The summed E-state index contributed by atoms with van der Waals surface area (Å²) in [6, 6.07) is 19.5. The molecule has 1 amide bonds. The standard InChI is InChI=1S/C24H26N2O3.ClH/c1-25(2)16-22-14-20-15-26(13-12-23(20)29-22)24(27)19-8-10-21(11-9-19)28-17-18-6-4-3-5-7-18;/h3-11,14H,12-13,15-17H2,1-2H3;1H. The molecule has 6 heteroatoms. The van der Waals surface area contributed by atoms with E-state index in [-0.39, 0.29) is 18.3 Å². The first-order valence-corrected chi connectivity index (χ1v) is 9.90. The van der Waals surface area contributed by atoms with Crippen molar-refractivity contribution in [3.05, 3.63) is 88.9 Å². The molecule has 0 saturated heterocycles. The molecule has 0 saturated carbocycles. The van der Waals surface area contributed by atoms with Crippen LogP contribution in [0.4, 0.5) is 0 Å². The van der Waals surface area contributed by atoms with E-state index in [4.69, 9.17) is 9.15 Å². The van der Waals surface area contributed by atoms with Gasteiger partial charge in [0.05, 0.1) is 6.54 Å². The number of rotatable bonds is 6. The largest absolute Gasteiger partial charge is 0.489 e. The summed E-state index contributed by atoms with van der Waals surface area (Å²) < 4.78 is 11.7. The predicted molar refractivity (Wildman–Crippen MR) is 119 cm³/mol. The summed E-state index contributed by atoms with van der Waals surface area (Å²) in [7, 11) is 4.04. The number of nitrogens with zero attached hydrogens (tertiary/aromatic N) is 2. The Bertz CT molecular complexity index is 968. The molecule has 1 aliphatic rings. The second-order valence-electron chi connectivity index (χ2n) is 7.67. The fourth-order valence-corrected chi connectivity index (χ4v) is 3.57. The van der Waals surface area contributed by atoms with Gasteiger partial charge in [-0.1, -0.05) is 30.3 Å². The number of carbonyl (C=O) groups excluding carboxylic acids is 1. The topological polar surface area (TPSA) is 45.9 Å². The number of hydrogen-bond acceptors (Lipinski definition) is 4. The van der Waals surface area contributed by atoms with Crippen LogP contribution in [0.1, 0.15) is 33.0 Å². The fraction of sp³-hybridized carbons (Fsp3) is 0.292. The minimum atomic E-state index is 0. The summed E-state index contributed by atoms with van der Waals surface area (Å²) in [6.45, 7) is 2.55. The van der Waals surface area contributed by atoms with Crippen molar-refractivity contribution in [1.29, 1.82) is 0 Å². The Morgan fingerprint density at radius 3 is 2.53 bits per heavy atom. The molecule has 0 aliphatic carbocycles. The number of furan rings is 1. The first-order chi connectivity index (χ1) is 14.1. The molecule has 0 bridgehead atoms. The van der Waals surface area contributed by atoms with Crippen LogP contribution >= 0.6 is 12.4 Å². The van der Waals surface area contributed by atoms with Crippen molar-refractivity contribution in [1.82, 2.24) is 9.80 Å². The van der Waals surface area contributed by atoms with Gasteiger partial charge in [-0.3, -0.25) is 4.79 Å². The summed E-state index contributed by atoms with van der Waals surface area (Å²) in [6.07, 6.45) is 0.757. The summed E-state index contributed by atoms with van der Waals surface area (Å²) in [5.74, 6) is 2.76. The number of carbonyl (C=O) groups is 1. The molecule has 0 spiro atoms.